The highest BCUT2D eigenvalue weighted by atomic mass is 32.2. The lowest BCUT2D eigenvalue weighted by Gasteiger charge is -2.14. The molecule has 2 aromatic heterocycles. The lowest BCUT2D eigenvalue weighted by Crippen LogP contribution is -2.22. The highest BCUT2D eigenvalue weighted by Crippen LogP contribution is 2.34. The Morgan fingerprint density at radius 1 is 1.15 bits per heavy atom. The number of nitrogens with two attached hydrogens (primary N) is 1. The van der Waals surface area contributed by atoms with Crippen LogP contribution in [-0.4, -0.2) is 34.5 Å². The van der Waals surface area contributed by atoms with Crippen LogP contribution in [0, 0.1) is 0 Å². The number of aromatic amines is 1. The molecule has 5 rings (SSSR count). The molecule has 8 nitrogen and oxygen atoms in total. The van der Waals surface area contributed by atoms with E-state index in [1.54, 1.807) is 55.4 Å². The molecule has 1 aliphatic rings. The minimum absolute atomic E-state index is 0.100. The van der Waals surface area contributed by atoms with Gasteiger partial charge >= 0.3 is 0 Å². The number of carbonyl (C=O) groups is 1. The fourth-order valence-corrected chi connectivity index (χ4v) is 5.15. The maximum absolute atomic E-state index is 13.1. The Labute approximate surface area is 191 Å². The fourth-order valence-electron chi connectivity index (χ4n) is 4.09. The number of nitrogens with one attached hydrogen (secondary N) is 1. The van der Waals surface area contributed by atoms with Crippen molar-refractivity contribution >= 4 is 32.6 Å². The normalized spacial score (nSPS) is 13.8. The zero-order chi connectivity index (χ0) is 23.3. The lowest BCUT2D eigenvalue weighted by atomic mass is 10.0. The molecule has 168 valence electrons. The number of carbonyl (C=O) groups excluding carboxylic acids is 1. The molecule has 1 aliphatic heterocycles. The van der Waals surface area contributed by atoms with Crippen molar-refractivity contribution in [3.05, 3.63) is 71.5 Å². The highest BCUT2D eigenvalue weighted by molar-refractivity contribution is 7.92. The minimum Gasteiger partial charge on any atom is -0.343 e. The highest BCUT2D eigenvalue weighted by Gasteiger charge is 2.32. The molecule has 0 spiro atoms. The summed E-state index contributed by atoms with van der Waals surface area (Å²) < 4.78 is 24.8. The number of amides is 1. The van der Waals surface area contributed by atoms with E-state index < -0.39 is 15.1 Å². The number of rotatable bonds is 5. The van der Waals surface area contributed by atoms with Gasteiger partial charge in [-0.05, 0) is 43.2 Å². The van der Waals surface area contributed by atoms with Crippen molar-refractivity contribution in [3.8, 4) is 11.3 Å². The van der Waals surface area contributed by atoms with E-state index in [0.29, 0.717) is 41.2 Å². The van der Waals surface area contributed by atoms with E-state index in [-0.39, 0.29) is 10.8 Å². The Bertz CT molecular complexity index is 1490. The fraction of sp³-hybridized carbons (Fsp3) is 0.208. The van der Waals surface area contributed by atoms with Gasteiger partial charge in [-0.2, -0.15) is 0 Å². The molecule has 0 bridgehead atoms. The van der Waals surface area contributed by atoms with Gasteiger partial charge in [0.05, 0.1) is 34.3 Å². The number of benzene rings is 2. The largest absolute Gasteiger partial charge is 0.343 e. The molecule has 0 unspecified atom stereocenters. The molecule has 1 amide bonds. The summed E-state index contributed by atoms with van der Waals surface area (Å²) in [7, 11) is -3.35. The van der Waals surface area contributed by atoms with Gasteiger partial charge < -0.3 is 15.6 Å². The van der Waals surface area contributed by atoms with E-state index >= 15 is 0 Å². The second kappa shape index (κ2) is 7.79. The van der Waals surface area contributed by atoms with Crippen molar-refractivity contribution in [3.63, 3.8) is 0 Å². The maximum Gasteiger partial charge on any atom is 0.259 e. The van der Waals surface area contributed by atoms with Crippen LogP contribution in [0.2, 0.25) is 0 Å². The Kier molecular flexibility index (Phi) is 5.02. The Morgan fingerprint density at radius 3 is 2.61 bits per heavy atom. The predicted octanol–water partition coefficient (Wildman–Crippen LogP) is 3.43. The van der Waals surface area contributed by atoms with E-state index in [0.717, 1.165) is 16.7 Å². The summed E-state index contributed by atoms with van der Waals surface area (Å²) in [6.07, 6.45) is 3.36. The minimum atomic E-state index is -3.35. The van der Waals surface area contributed by atoms with E-state index in [1.807, 2.05) is 18.2 Å². The van der Waals surface area contributed by atoms with Crippen LogP contribution in [0.15, 0.2) is 59.8 Å². The van der Waals surface area contributed by atoms with Gasteiger partial charge in [0.1, 0.15) is 5.52 Å². The first kappa shape index (κ1) is 21.3. The molecule has 9 heteroatoms. The number of hydrogen-bond acceptors (Lipinski definition) is 6. The number of hydrogen-bond donors (Lipinski definition) is 2. The number of anilines is 1. The molecule has 0 saturated carbocycles. The number of aromatic nitrogens is 3. The van der Waals surface area contributed by atoms with Crippen LogP contribution in [0.25, 0.3) is 22.4 Å². The van der Waals surface area contributed by atoms with Gasteiger partial charge in [0, 0.05) is 23.9 Å². The average molecular weight is 462 g/mol. The van der Waals surface area contributed by atoms with E-state index in [4.69, 9.17) is 10.7 Å². The third-order valence-corrected chi connectivity index (χ3v) is 8.21. The summed E-state index contributed by atoms with van der Waals surface area (Å²) in [5.41, 5.74) is 11.5. The summed E-state index contributed by atoms with van der Waals surface area (Å²) in [4.78, 5) is 27.4. The molecule has 0 aliphatic carbocycles. The molecular weight excluding hydrogens is 438 g/mol. The molecule has 0 fully saturated rings. The van der Waals surface area contributed by atoms with Crippen molar-refractivity contribution in [2.24, 2.45) is 5.73 Å². The van der Waals surface area contributed by atoms with Crippen molar-refractivity contribution < 1.29 is 13.2 Å². The van der Waals surface area contributed by atoms with Crippen molar-refractivity contribution in [1.82, 2.24) is 15.0 Å². The van der Waals surface area contributed by atoms with Crippen LogP contribution in [0.5, 0.6) is 0 Å². The number of fused-ring (bicyclic) bond motifs is 2. The zero-order valence-corrected chi connectivity index (χ0v) is 19.1. The molecule has 33 heavy (non-hydrogen) atoms. The third kappa shape index (κ3) is 3.40. The van der Waals surface area contributed by atoms with Crippen molar-refractivity contribution in [1.29, 1.82) is 0 Å². The molecule has 0 atom stereocenters. The van der Waals surface area contributed by atoms with E-state index in [1.165, 1.54) is 0 Å². The predicted molar refractivity (Wildman–Crippen MR) is 126 cm³/mol. The van der Waals surface area contributed by atoms with Crippen LogP contribution in [0.3, 0.4) is 0 Å². The van der Waals surface area contributed by atoms with Gasteiger partial charge in [-0.15, -0.1) is 0 Å². The second-order valence-electron chi connectivity index (χ2n) is 8.28. The summed E-state index contributed by atoms with van der Waals surface area (Å²) in [5.74, 6) is -0.100. The summed E-state index contributed by atoms with van der Waals surface area (Å²) in [6, 6.07) is 12.2. The Morgan fingerprint density at radius 2 is 1.91 bits per heavy atom. The average Bonchev–Trinajstić information content (AvgIpc) is 3.39. The Hall–Kier alpha value is -3.56. The summed E-state index contributed by atoms with van der Waals surface area (Å²) >= 11 is 0. The van der Waals surface area contributed by atoms with Crippen LogP contribution < -0.4 is 10.6 Å². The Balaban J connectivity index is 1.53. The van der Waals surface area contributed by atoms with Crippen molar-refractivity contribution in [2.45, 2.75) is 37.1 Å². The first-order valence-corrected chi connectivity index (χ1v) is 12.2. The van der Waals surface area contributed by atoms with E-state index in [2.05, 4.69) is 9.97 Å². The van der Waals surface area contributed by atoms with Gasteiger partial charge in [-0.1, -0.05) is 24.3 Å². The standard InChI is InChI=1S/C24H23N5O3S/c1-14(2)33(31,32)17-8-6-15(7-9-17)20-11-26-23-22(28-20)21(12-27-23)29-13-19-16(10-25)4-3-5-18(19)24(29)30/h3-9,11-12,14H,10,13,25H2,1-2H3,(H,26,27). The van der Waals surface area contributed by atoms with Gasteiger partial charge in [0.2, 0.25) is 0 Å². The molecule has 0 radical (unpaired) electrons. The molecule has 4 aromatic rings. The van der Waals surface area contributed by atoms with Crippen LogP contribution >= 0.6 is 0 Å². The van der Waals surface area contributed by atoms with Crippen LogP contribution in [0.1, 0.15) is 35.3 Å². The molecular formula is C24H23N5O3S. The van der Waals surface area contributed by atoms with Crippen LogP contribution in [0.4, 0.5) is 5.69 Å². The zero-order valence-electron chi connectivity index (χ0n) is 18.2. The van der Waals surface area contributed by atoms with Gasteiger partial charge in [0.15, 0.2) is 15.5 Å². The first-order chi connectivity index (χ1) is 15.8. The molecule has 0 saturated heterocycles. The number of sulfone groups is 1. The van der Waals surface area contributed by atoms with E-state index in [9.17, 15) is 13.2 Å². The smallest absolute Gasteiger partial charge is 0.259 e. The van der Waals surface area contributed by atoms with Gasteiger partial charge in [0.25, 0.3) is 5.91 Å². The van der Waals surface area contributed by atoms with Gasteiger partial charge in [-0.3, -0.25) is 4.79 Å². The molecule has 2 aromatic carbocycles. The third-order valence-electron chi connectivity index (χ3n) is 6.04. The van der Waals surface area contributed by atoms with Gasteiger partial charge in [-0.25, -0.2) is 18.4 Å². The lowest BCUT2D eigenvalue weighted by molar-refractivity contribution is 0.0997. The summed E-state index contributed by atoms with van der Waals surface area (Å²) in [6.45, 7) is 4.10. The number of H-pyrrole nitrogens is 1. The molecule has 3 heterocycles. The van der Waals surface area contributed by atoms with Crippen molar-refractivity contribution in [2.75, 3.05) is 4.90 Å². The van der Waals surface area contributed by atoms with Crippen LogP contribution in [-0.2, 0) is 22.9 Å². The first-order valence-electron chi connectivity index (χ1n) is 10.6. The number of nitrogens with zero attached hydrogens (tertiary/aromatic N) is 3. The quantitative estimate of drug-likeness (QED) is 0.470. The monoisotopic (exact) mass is 461 g/mol. The summed E-state index contributed by atoms with van der Waals surface area (Å²) in [5, 5.41) is -0.496. The molecule has 3 N–H and O–H groups in total. The maximum atomic E-state index is 13.1. The topological polar surface area (TPSA) is 122 Å². The second-order valence-corrected chi connectivity index (χ2v) is 10.8. The SMILES string of the molecule is CC(C)S(=O)(=O)c1ccc(-c2cnc3[nH]cc(N4Cc5c(CN)cccc5C4=O)c3n2)cc1.